The van der Waals surface area contributed by atoms with Crippen LogP contribution in [0.5, 0.6) is 5.75 Å². The zero-order chi connectivity index (χ0) is 13.9. The average Bonchev–Trinajstić information content (AvgIpc) is 2.98. The van der Waals surface area contributed by atoms with Crippen LogP contribution < -0.4 is 4.74 Å². The number of nitrogens with zero attached hydrogens (tertiary/aromatic N) is 1. The van der Waals surface area contributed by atoms with Crippen LogP contribution in [0.3, 0.4) is 0 Å². The summed E-state index contributed by atoms with van der Waals surface area (Å²) < 4.78 is 5.16. The Kier molecular flexibility index (Phi) is 3.42. The van der Waals surface area contributed by atoms with E-state index in [-0.39, 0.29) is 6.10 Å². The van der Waals surface area contributed by atoms with Gasteiger partial charge in [0.25, 0.3) is 0 Å². The Morgan fingerprint density at radius 1 is 1.05 bits per heavy atom. The van der Waals surface area contributed by atoms with E-state index in [4.69, 9.17) is 9.57 Å². The lowest BCUT2D eigenvalue weighted by atomic mass is 9.99. The molecule has 0 radical (unpaired) electrons. The van der Waals surface area contributed by atoms with Crippen molar-refractivity contribution in [2.45, 2.75) is 19.4 Å². The Morgan fingerprint density at radius 2 is 1.75 bits per heavy atom. The molecule has 0 bridgehead atoms. The van der Waals surface area contributed by atoms with E-state index in [2.05, 4.69) is 36.3 Å². The molecular weight excluding hydrogens is 250 g/mol. The maximum Gasteiger partial charge on any atom is 0.158 e. The van der Waals surface area contributed by atoms with E-state index >= 15 is 0 Å². The molecule has 3 nitrogen and oxygen atoms in total. The van der Waals surface area contributed by atoms with Gasteiger partial charge in [-0.2, -0.15) is 0 Å². The highest BCUT2D eigenvalue weighted by Gasteiger charge is 2.23. The fourth-order valence-electron chi connectivity index (χ4n) is 2.29. The van der Waals surface area contributed by atoms with E-state index in [1.54, 1.807) is 7.11 Å². The number of aryl methyl sites for hydroxylation is 1. The molecule has 0 aliphatic carbocycles. The number of hydrogen-bond donors (Lipinski definition) is 0. The van der Waals surface area contributed by atoms with Crippen LogP contribution in [0.25, 0.3) is 0 Å². The van der Waals surface area contributed by atoms with Crippen molar-refractivity contribution < 1.29 is 9.57 Å². The quantitative estimate of drug-likeness (QED) is 0.845. The maximum atomic E-state index is 5.56. The molecular formula is C17H17NO2. The molecule has 2 aromatic rings. The van der Waals surface area contributed by atoms with E-state index in [9.17, 15) is 0 Å². The Morgan fingerprint density at radius 3 is 2.40 bits per heavy atom. The van der Waals surface area contributed by atoms with E-state index < -0.39 is 0 Å². The summed E-state index contributed by atoms with van der Waals surface area (Å²) in [7, 11) is 1.67. The second kappa shape index (κ2) is 5.37. The van der Waals surface area contributed by atoms with Gasteiger partial charge in [0.2, 0.25) is 0 Å². The van der Waals surface area contributed by atoms with Crippen molar-refractivity contribution in [1.82, 2.24) is 0 Å². The van der Waals surface area contributed by atoms with Gasteiger partial charge in [0, 0.05) is 6.42 Å². The molecule has 1 aliphatic rings. The van der Waals surface area contributed by atoms with Gasteiger partial charge < -0.3 is 9.57 Å². The minimum absolute atomic E-state index is 0.0210. The van der Waals surface area contributed by atoms with Crippen molar-refractivity contribution in [3.05, 3.63) is 65.2 Å². The number of rotatable bonds is 3. The first-order valence-corrected chi connectivity index (χ1v) is 6.70. The van der Waals surface area contributed by atoms with Gasteiger partial charge >= 0.3 is 0 Å². The topological polar surface area (TPSA) is 30.8 Å². The third kappa shape index (κ3) is 2.52. The fourth-order valence-corrected chi connectivity index (χ4v) is 2.29. The third-order valence-corrected chi connectivity index (χ3v) is 3.54. The van der Waals surface area contributed by atoms with Crippen molar-refractivity contribution in [3.63, 3.8) is 0 Å². The number of methoxy groups -OCH3 is 1. The molecule has 0 N–H and O–H groups in total. The van der Waals surface area contributed by atoms with Crippen LogP contribution in [0, 0.1) is 6.92 Å². The highest BCUT2D eigenvalue weighted by molar-refractivity contribution is 6.01. The zero-order valence-corrected chi connectivity index (χ0v) is 11.7. The highest BCUT2D eigenvalue weighted by atomic mass is 16.6. The summed E-state index contributed by atoms with van der Waals surface area (Å²) in [6, 6.07) is 16.3. The molecule has 0 fully saturated rings. The van der Waals surface area contributed by atoms with Crippen LogP contribution in [0.1, 0.15) is 29.2 Å². The van der Waals surface area contributed by atoms with Crippen LogP contribution >= 0.6 is 0 Å². The lowest BCUT2D eigenvalue weighted by Crippen LogP contribution is -2.01. The van der Waals surface area contributed by atoms with Crippen molar-refractivity contribution in [2.24, 2.45) is 5.16 Å². The summed E-state index contributed by atoms with van der Waals surface area (Å²) >= 11 is 0. The summed E-state index contributed by atoms with van der Waals surface area (Å²) in [5, 5.41) is 4.22. The SMILES string of the molecule is COc1ccc(C2=NOC(c3ccc(C)cc3)C2)cc1. The summed E-state index contributed by atoms with van der Waals surface area (Å²) in [6.07, 6.45) is 0.822. The molecule has 0 saturated carbocycles. The molecule has 0 aromatic heterocycles. The molecule has 3 heteroatoms. The Balaban J connectivity index is 1.73. The first-order chi connectivity index (χ1) is 9.76. The molecule has 20 heavy (non-hydrogen) atoms. The van der Waals surface area contributed by atoms with Crippen LogP contribution in [-0.4, -0.2) is 12.8 Å². The Bertz CT molecular complexity index is 614. The van der Waals surface area contributed by atoms with Crippen LogP contribution in [-0.2, 0) is 4.84 Å². The maximum absolute atomic E-state index is 5.56. The van der Waals surface area contributed by atoms with Gasteiger partial charge in [0.15, 0.2) is 6.10 Å². The lowest BCUT2D eigenvalue weighted by Gasteiger charge is -2.08. The minimum Gasteiger partial charge on any atom is -0.497 e. The summed E-state index contributed by atoms with van der Waals surface area (Å²) in [5.41, 5.74) is 4.49. The predicted molar refractivity (Wildman–Crippen MR) is 79.2 cm³/mol. The van der Waals surface area contributed by atoms with E-state index in [0.717, 1.165) is 23.4 Å². The first-order valence-electron chi connectivity index (χ1n) is 6.70. The number of hydrogen-bond acceptors (Lipinski definition) is 3. The molecule has 1 heterocycles. The summed E-state index contributed by atoms with van der Waals surface area (Å²) in [5.74, 6) is 0.850. The molecule has 1 unspecified atom stereocenters. The fraction of sp³-hybridized carbons (Fsp3) is 0.235. The Hall–Kier alpha value is -2.29. The predicted octanol–water partition coefficient (Wildman–Crippen LogP) is 3.87. The van der Waals surface area contributed by atoms with Gasteiger partial charge in [-0.15, -0.1) is 0 Å². The summed E-state index contributed by atoms with van der Waals surface area (Å²) in [6.45, 7) is 2.08. The minimum atomic E-state index is 0.0210. The van der Waals surface area contributed by atoms with Gasteiger partial charge in [-0.1, -0.05) is 35.0 Å². The largest absolute Gasteiger partial charge is 0.497 e. The third-order valence-electron chi connectivity index (χ3n) is 3.54. The lowest BCUT2D eigenvalue weighted by molar-refractivity contribution is 0.0857. The molecule has 1 atom stereocenters. The van der Waals surface area contributed by atoms with Gasteiger partial charge in [0.1, 0.15) is 5.75 Å². The van der Waals surface area contributed by atoms with Crippen LogP contribution in [0.2, 0.25) is 0 Å². The molecule has 102 valence electrons. The number of ether oxygens (including phenoxy) is 1. The number of oxime groups is 1. The Labute approximate surface area is 118 Å². The second-order valence-corrected chi connectivity index (χ2v) is 4.98. The summed E-state index contributed by atoms with van der Waals surface area (Å²) in [4.78, 5) is 5.56. The first kappa shape index (κ1) is 12.7. The molecule has 1 aliphatic heterocycles. The average molecular weight is 267 g/mol. The molecule has 0 spiro atoms. The van der Waals surface area contributed by atoms with Crippen molar-refractivity contribution in [3.8, 4) is 5.75 Å². The van der Waals surface area contributed by atoms with Crippen LogP contribution in [0.4, 0.5) is 0 Å². The molecule has 3 rings (SSSR count). The van der Waals surface area contributed by atoms with E-state index in [1.165, 1.54) is 11.1 Å². The molecule has 2 aromatic carbocycles. The van der Waals surface area contributed by atoms with Crippen LogP contribution in [0.15, 0.2) is 53.7 Å². The second-order valence-electron chi connectivity index (χ2n) is 4.98. The molecule has 0 amide bonds. The van der Waals surface area contributed by atoms with Gasteiger partial charge in [0.05, 0.1) is 12.8 Å². The van der Waals surface area contributed by atoms with E-state index in [0.29, 0.717) is 0 Å². The normalized spacial score (nSPS) is 17.5. The molecule has 0 saturated heterocycles. The van der Waals surface area contributed by atoms with Crippen molar-refractivity contribution in [2.75, 3.05) is 7.11 Å². The van der Waals surface area contributed by atoms with Gasteiger partial charge in [-0.3, -0.25) is 0 Å². The van der Waals surface area contributed by atoms with Gasteiger partial charge in [-0.05, 0) is 42.3 Å². The van der Waals surface area contributed by atoms with Crippen molar-refractivity contribution in [1.29, 1.82) is 0 Å². The van der Waals surface area contributed by atoms with Crippen molar-refractivity contribution >= 4 is 5.71 Å². The highest BCUT2D eigenvalue weighted by Crippen LogP contribution is 2.30. The van der Waals surface area contributed by atoms with Gasteiger partial charge in [-0.25, -0.2) is 0 Å². The zero-order valence-electron chi connectivity index (χ0n) is 11.7. The number of benzene rings is 2. The smallest absolute Gasteiger partial charge is 0.158 e. The standard InChI is InChI=1S/C17H17NO2/c1-12-3-5-14(6-4-12)17-11-16(18-20-17)13-7-9-15(19-2)10-8-13/h3-10,17H,11H2,1-2H3. The monoisotopic (exact) mass is 267 g/mol. The van der Waals surface area contributed by atoms with E-state index in [1.807, 2.05) is 24.3 Å².